The molecule has 136 valence electrons. The first-order chi connectivity index (χ1) is 12.5. The van der Waals surface area contributed by atoms with Gasteiger partial charge in [-0.05, 0) is 16.7 Å². The number of ketones is 1. The number of Topliss-reactive ketones (excluding diaryl/α,β-unsaturated/α-hetero) is 1. The summed E-state index contributed by atoms with van der Waals surface area (Å²) in [6.07, 6.45) is 0.346. The Hall–Kier alpha value is -2.79. The van der Waals surface area contributed by atoms with Crippen LogP contribution in [0.4, 0.5) is 0 Å². The molecule has 0 aliphatic carbocycles. The topological polar surface area (TPSA) is 79.2 Å². The summed E-state index contributed by atoms with van der Waals surface area (Å²) in [5, 5.41) is 11.2. The van der Waals surface area contributed by atoms with Gasteiger partial charge in [0.1, 0.15) is 12.3 Å². The van der Waals surface area contributed by atoms with Crippen molar-refractivity contribution >= 4 is 17.5 Å². The Bertz CT molecular complexity index is 782. The van der Waals surface area contributed by atoms with Crippen LogP contribution in [-0.2, 0) is 34.0 Å². The van der Waals surface area contributed by atoms with Crippen molar-refractivity contribution in [3.63, 3.8) is 0 Å². The summed E-state index contributed by atoms with van der Waals surface area (Å²) >= 11 is 0. The smallest absolute Gasteiger partial charge is 0.302 e. The molecule has 0 radical (unpaired) electrons. The number of carbonyl (C=O) groups excluding carboxylic acids is 2. The minimum absolute atomic E-state index is 0.0663. The van der Waals surface area contributed by atoms with E-state index in [1.807, 2.05) is 48.5 Å². The molecule has 2 aromatic rings. The molecule has 0 amide bonds. The van der Waals surface area contributed by atoms with E-state index in [-0.39, 0.29) is 24.1 Å². The van der Waals surface area contributed by atoms with E-state index in [1.54, 1.807) is 6.92 Å². The van der Waals surface area contributed by atoms with Crippen molar-refractivity contribution in [3.8, 4) is 0 Å². The lowest BCUT2D eigenvalue weighted by Gasteiger charge is -2.08. The summed E-state index contributed by atoms with van der Waals surface area (Å²) < 4.78 is 5.01. The molecule has 5 nitrogen and oxygen atoms in total. The first-order valence-corrected chi connectivity index (χ1v) is 8.62. The van der Waals surface area contributed by atoms with E-state index in [9.17, 15) is 9.59 Å². The highest BCUT2D eigenvalue weighted by Gasteiger charge is 2.09. The number of benzene rings is 2. The van der Waals surface area contributed by atoms with Crippen LogP contribution in [0, 0.1) is 5.41 Å². The second-order valence-corrected chi connectivity index (χ2v) is 6.05. The van der Waals surface area contributed by atoms with Crippen LogP contribution < -0.4 is 5.32 Å². The summed E-state index contributed by atoms with van der Waals surface area (Å²) in [6.45, 7) is 4.82. The van der Waals surface area contributed by atoms with E-state index in [2.05, 4.69) is 5.32 Å². The minimum Gasteiger partial charge on any atom is -0.461 e. The molecule has 5 heteroatoms. The van der Waals surface area contributed by atoms with Crippen LogP contribution in [0.3, 0.4) is 0 Å². The molecule has 0 atom stereocenters. The van der Waals surface area contributed by atoms with Crippen LogP contribution in [0.5, 0.6) is 0 Å². The Balaban J connectivity index is 1.86. The maximum atomic E-state index is 11.6. The Morgan fingerprint density at radius 1 is 1.00 bits per heavy atom. The Morgan fingerprint density at radius 3 is 2.31 bits per heavy atom. The number of hydrogen-bond acceptors (Lipinski definition) is 5. The second-order valence-electron chi connectivity index (χ2n) is 6.05. The molecule has 0 aliphatic heterocycles. The van der Waals surface area contributed by atoms with Crippen molar-refractivity contribution in [2.24, 2.45) is 0 Å². The molecule has 0 heterocycles. The lowest BCUT2D eigenvalue weighted by atomic mass is 10.0. The molecule has 2 N–H and O–H groups in total. The van der Waals surface area contributed by atoms with Crippen LogP contribution in [-0.4, -0.2) is 17.5 Å². The molecule has 0 spiro atoms. The van der Waals surface area contributed by atoms with Crippen molar-refractivity contribution in [2.75, 3.05) is 0 Å². The zero-order valence-electron chi connectivity index (χ0n) is 15.2. The Kier molecular flexibility index (Phi) is 7.24. The highest BCUT2D eigenvalue weighted by molar-refractivity contribution is 6.44. The number of nitrogens with one attached hydrogen (secondary N) is 2. The van der Waals surface area contributed by atoms with Gasteiger partial charge in [0.15, 0.2) is 5.78 Å². The Labute approximate surface area is 153 Å². The lowest BCUT2D eigenvalue weighted by Crippen LogP contribution is -2.14. The molecule has 26 heavy (non-hydrogen) atoms. The highest BCUT2D eigenvalue weighted by atomic mass is 16.5. The third kappa shape index (κ3) is 5.93. The van der Waals surface area contributed by atoms with E-state index < -0.39 is 0 Å². The van der Waals surface area contributed by atoms with Crippen LogP contribution >= 0.6 is 0 Å². The van der Waals surface area contributed by atoms with Gasteiger partial charge in [-0.2, -0.15) is 0 Å². The van der Waals surface area contributed by atoms with Gasteiger partial charge in [-0.3, -0.25) is 15.0 Å². The molecule has 0 saturated carbocycles. The fourth-order valence-electron chi connectivity index (χ4n) is 2.49. The summed E-state index contributed by atoms with van der Waals surface area (Å²) in [6, 6.07) is 15.4. The van der Waals surface area contributed by atoms with Gasteiger partial charge in [-0.25, -0.2) is 0 Å². The van der Waals surface area contributed by atoms with Gasteiger partial charge < -0.3 is 10.1 Å². The van der Waals surface area contributed by atoms with Crippen molar-refractivity contribution in [2.45, 2.75) is 40.0 Å². The largest absolute Gasteiger partial charge is 0.461 e. The van der Waals surface area contributed by atoms with Gasteiger partial charge in [-0.1, -0.05) is 55.5 Å². The van der Waals surface area contributed by atoms with Crippen LogP contribution in [0.15, 0.2) is 48.5 Å². The number of ether oxygens (including phenoxy) is 1. The molecule has 0 saturated heterocycles. The lowest BCUT2D eigenvalue weighted by molar-refractivity contribution is -0.142. The molecular formula is C21H24N2O3. The standard InChI is InChI=1S/C21H24N2O3/c1-3-20(25)21(22)19-9-7-16(8-10-19)12-23-13-17-5-4-6-18(11-17)14-26-15(2)24/h4-11,22-23H,3,12-14H2,1-2H3. The fourth-order valence-corrected chi connectivity index (χ4v) is 2.49. The van der Waals surface area contributed by atoms with Gasteiger partial charge >= 0.3 is 5.97 Å². The van der Waals surface area contributed by atoms with Crippen molar-refractivity contribution in [1.82, 2.24) is 5.32 Å². The van der Waals surface area contributed by atoms with Crippen LogP contribution in [0.25, 0.3) is 0 Å². The predicted octanol–water partition coefficient (Wildman–Crippen LogP) is 3.39. The van der Waals surface area contributed by atoms with E-state index in [1.165, 1.54) is 6.92 Å². The zero-order valence-corrected chi connectivity index (χ0v) is 15.2. The van der Waals surface area contributed by atoms with Gasteiger partial charge in [0, 0.05) is 32.0 Å². The second kappa shape index (κ2) is 9.63. The number of hydrogen-bond donors (Lipinski definition) is 2. The maximum absolute atomic E-state index is 11.6. The van der Waals surface area contributed by atoms with Crippen molar-refractivity contribution in [1.29, 1.82) is 5.41 Å². The number of rotatable bonds is 9. The van der Waals surface area contributed by atoms with E-state index in [0.717, 1.165) is 16.7 Å². The van der Waals surface area contributed by atoms with E-state index in [0.29, 0.717) is 25.1 Å². The predicted molar refractivity (Wildman–Crippen MR) is 101 cm³/mol. The maximum Gasteiger partial charge on any atom is 0.302 e. The van der Waals surface area contributed by atoms with Crippen molar-refractivity contribution < 1.29 is 14.3 Å². The summed E-state index contributed by atoms with van der Waals surface area (Å²) in [5.41, 5.74) is 3.88. The van der Waals surface area contributed by atoms with Gasteiger partial charge in [-0.15, -0.1) is 0 Å². The molecule has 0 aromatic heterocycles. The quantitative estimate of drug-likeness (QED) is 0.535. The minimum atomic E-state index is -0.286. The van der Waals surface area contributed by atoms with Gasteiger partial charge in [0.2, 0.25) is 0 Å². The molecule has 0 bridgehead atoms. The first-order valence-electron chi connectivity index (χ1n) is 8.62. The van der Waals surface area contributed by atoms with Crippen molar-refractivity contribution in [3.05, 3.63) is 70.8 Å². The average Bonchev–Trinajstić information content (AvgIpc) is 2.66. The van der Waals surface area contributed by atoms with E-state index in [4.69, 9.17) is 10.1 Å². The third-order valence-electron chi connectivity index (χ3n) is 3.93. The highest BCUT2D eigenvalue weighted by Crippen LogP contribution is 2.09. The van der Waals surface area contributed by atoms with Crippen LogP contribution in [0.1, 0.15) is 42.5 Å². The molecular weight excluding hydrogens is 328 g/mol. The molecule has 0 fully saturated rings. The third-order valence-corrected chi connectivity index (χ3v) is 3.93. The Morgan fingerprint density at radius 2 is 1.65 bits per heavy atom. The summed E-state index contributed by atoms with van der Waals surface area (Å²) in [7, 11) is 0. The number of carbonyl (C=O) groups is 2. The fraction of sp³-hybridized carbons (Fsp3) is 0.286. The molecule has 2 rings (SSSR count). The molecule has 2 aromatic carbocycles. The first kappa shape index (κ1) is 19.5. The summed E-state index contributed by atoms with van der Waals surface area (Å²) in [4.78, 5) is 22.5. The zero-order chi connectivity index (χ0) is 18.9. The van der Waals surface area contributed by atoms with E-state index >= 15 is 0 Å². The summed E-state index contributed by atoms with van der Waals surface area (Å²) in [5.74, 6) is -0.435. The van der Waals surface area contributed by atoms with Crippen LogP contribution in [0.2, 0.25) is 0 Å². The molecule has 0 aliphatic rings. The molecule has 0 unspecified atom stereocenters. The monoisotopic (exact) mass is 352 g/mol. The normalized spacial score (nSPS) is 10.4. The van der Waals surface area contributed by atoms with Gasteiger partial charge in [0.05, 0.1) is 0 Å². The average molecular weight is 352 g/mol. The SMILES string of the molecule is CCC(=O)C(=N)c1ccc(CNCc2cccc(COC(C)=O)c2)cc1. The number of esters is 1. The van der Waals surface area contributed by atoms with Gasteiger partial charge in [0.25, 0.3) is 0 Å².